The minimum absolute atomic E-state index is 0.228. The van der Waals surface area contributed by atoms with Gasteiger partial charge in [-0.2, -0.15) is 0 Å². The monoisotopic (exact) mass is 208 g/mol. The Bertz CT molecular complexity index is 350. The summed E-state index contributed by atoms with van der Waals surface area (Å²) < 4.78 is 4.53. The van der Waals surface area contributed by atoms with Gasteiger partial charge in [-0.25, -0.2) is 0 Å². The standard InChI is InChI=1S/C11H16N2O2/c1-8-4-3-5-9(11(8)12)13-7-6-10(14)15-2/h3-5,13H,6-7,12H2,1-2H3. The van der Waals surface area contributed by atoms with Crippen LogP contribution in [0, 0.1) is 6.92 Å². The molecule has 0 amide bonds. The molecule has 4 nitrogen and oxygen atoms in total. The fraction of sp³-hybridized carbons (Fsp3) is 0.364. The Hall–Kier alpha value is -1.71. The van der Waals surface area contributed by atoms with E-state index in [2.05, 4.69) is 10.1 Å². The predicted molar refractivity (Wildman–Crippen MR) is 60.7 cm³/mol. The number of carbonyl (C=O) groups excluding carboxylic acids is 1. The first-order valence-electron chi connectivity index (χ1n) is 4.81. The molecule has 1 rings (SSSR count). The summed E-state index contributed by atoms with van der Waals surface area (Å²) in [5.74, 6) is -0.228. The number of aryl methyl sites for hydroxylation is 1. The van der Waals surface area contributed by atoms with E-state index < -0.39 is 0 Å². The van der Waals surface area contributed by atoms with Crippen LogP contribution in [-0.4, -0.2) is 19.6 Å². The van der Waals surface area contributed by atoms with Crippen LogP contribution in [0.3, 0.4) is 0 Å². The summed E-state index contributed by atoms with van der Waals surface area (Å²) in [5, 5.41) is 3.09. The number of nitrogen functional groups attached to an aromatic ring is 1. The molecular formula is C11H16N2O2. The first-order chi connectivity index (χ1) is 7.15. The zero-order valence-electron chi connectivity index (χ0n) is 9.04. The van der Waals surface area contributed by atoms with Gasteiger partial charge in [0.25, 0.3) is 0 Å². The van der Waals surface area contributed by atoms with Crippen LogP contribution in [0.1, 0.15) is 12.0 Å². The van der Waals surface area contributed by atoms with Crippen LogP contribution in [0.2, 0.25) is 0 Å². The Morgan fingerprint density at radius 3 is 2.93 bits per heavy atom. The maximum atomic E-state index is 10.9. The topological polar surface area (TPSA) is 64.3 Å². The highest BCUT2D eigenvalue weighted by Crippen LogP contribution is 2.21. The van der Waals surface area contributed by atoms with Crippen molar-refractivity contribution in [1.29, 1.82) is 0 Å². The Morgan fingerprint density at radius 2 is 2.27 bits per heavy atom. The fourth-order valence-electron chi connectivity index (χ4n) is 1.24. The van der Waals surface area contributed by atoms with Crippen LogP contribution in [0.4, 0.5) is 11.4 Å². The number of hydrogen-bond donors (Lipinski definition) is 2. The summed E-state index contributed by atoms with van der Waals surface area (Å²) in [6, 6.07) is 5.76. The molecule has 3 N–H and O–H groups in total. The molecule has 4 heteroatoms. The molecule has 15 heavy (non-hydrogen) atoms. The first-order valence-corrected chi connectivity index (χ1v) is 4.81. The number of anilines is 2. The lowest BCUT2D eigenvalue weighted by Crippen LogP contribution is -2.10. The van der Waals surface area contributed by atoms with Crippen molar-refractivity contribution in [2.45, 2.75) is 13.3 Å². The molecule has 0 bridgehead atoms. The molecular weight excluding hydrogens is 192 g/mol. The summed E-state index contributed by atoms with van der Waals surface area (Å²) in [4.78, 5) is 10.9. The van der Waals surface area contributed by atoms with Crippen LogP contribution in [0.5, 0.6) is 0 Å². The number of nitrogens with one attached hydrogen (secondary N) is 1. The van der Waals surface area contributed by atoms with E-state index in [9.17, 15) is 4.79 Å². The average Bonchev–Trinajstić information content (AvgIpc) is 2.24. The van der Waals surface area contributed by atoms with Gasteiger partial charge in [0.15, 0.2) is 0 Å². The number of carbonyl (C=O) groups is 1. The molecule has 1 aromatic rings. The molecule has 0 aromatic heterocycles. The van der Waals surface area contributed by atoms with Crippen molar-refractivity contribution in [1.82, 2.24) is 0 Å². The number of benzene rings is 1. The van der Waals surface area contributed by atoms with Crippen molar-refractivity contribution in [2.24, 2.45) is 0 Å². The summed E-state index contributed by atoms with van der Waals surface area (Å²) in [5.41, 5.74) is 8.46. The molecule has 0 aliphatic rings. The molecule has 0 saturated heterocycles. The van der Waals surface area contributed by atoms with E-state index in [0.29, 0.717) is 13.0 Å². The van der Waals surface area contributed by atoms with Gasteiger partial charge in [-0.3, -0.25) is 4.79 Å². The van der Waals surface area contributed by atoms with Gasteiger partial charge in [0.1, 0.15) is 0 Å². The van der Waals surface area contributed by atoms with Gasteiger partial charge in [-0.05, 0) is 18.6 Å². The molecule has 0 aliphatic heterocycles. The highest BCUT2D eigenvalue weighted by atomic mass is 16.5. The molecule has 0 fully saturated rings. The van der Waals surface area contributed by atoms with Gasteiger partial charge in [0.05, 0.1) is 24.9 Å². The zero-order chi connectivity index (χ0) is 11.3. The second-order valence-corrected chi connectivity index (χ2v) is 3.29. The summed E-state index contributed by atoms with van der Waals surface area (Å²) in [6.07, 6.45) is 0.337. The number of rotatable bonds is 4. The lowest BCUT2D eigenvalue weighted by molar-refractivity contribution is -0.140. The van der Waals surface area contributed by atoms with Crippen molar-refractivity contribution < 1.29 is 9.53 Å². The number of ether oxygens (including phenoxy) is 1. The van der Waals surface area contributed by atoms with Crippen molar-refractivity contribution >= 4 is 17.3 Å². The van der Waals surface area contributed by atoms with Crippen LogP contribution >= 0.6 is 0 Å². The van der Waals surface area contributed by atoms with E-state index >= 15 is 0 Å². The summed E-state index contributed by atoms with van der Waals surface area (Å²) in [7, 11) is 1.38. The van der Waals surface area contributed by atoms with Crippen LogP contribution in [0.15, 0.2) is 18.2 Å². The molecule has 82 valence electrons. The highest BCUT2D eigenvalue weighted by Gasteiger charge is 2.02. The van der Waals surface area contributed by atoms with Gasteiger partial charge < -0.3 is 15.8 Å². The van der Waals surface area contributed by atoms with E-state index in [4.69, 9.17) is 5.73 Å². The lowest BCUT2D eigenvalue weighted by Gasteiger charge is -2.10. The summed E-state index contributed by atoms with van der Waals surface area (Å²) in [6.45, 7) is 2.47. The van der Waals surface area contributed by atoms with Crippen LogP contribution in [-0.2, 0) is 9.53 Å². The minimum atomic E-state index is -0.228. The molecule has 0 saturated carbocycles. The smallest absolute Gasteiger partial charge is 0.307 e. The van der Waals surface area contributed by atoms with E-state index in [0.717, 1.165) is 16.9 Å². The van der Waals surface area contributed by atoms with Crippen molar-refractivity contribution in [3.63, 3.8) is 0 Å². The van der Waals surface area contributed by atoms with Crippen molar-refractivity contribution in [3.05, 3.63) is 23.8 Å². The van der Waals surface area contributed by atoms with Crippen molar-refractivity contribution in [2.75, 3.05) is 24.7 Å². The molecule has 0 spiro atoms. The molecule has 0 heterocycles. The minimum Gasteiger partial charge on any atom is -0.469 e. The highest BCUT2D eigenvalue weighted by molar-refractivity contribution is 5.72. The average molecular weight is 208 g/mol. The third-order valence-electron chi connectivity index (χ3n) is 2.20. The number of para-hydroxylation sites is 1. The normalized spacial score (nSPS) is 9.73. The number of esters is 1. The second-order valence-electron chi connectivity index (χ2n) is 3.29. The van der Waals surface area contributed by atoms with Gasteiger partial charge in [-0.1, -0.05) is 12.1 Å². The molecule has 1 aromatic carbocycles. The lowest BCUT2D eigenvalue weighted by atomic mass is 10.1. The molecule has 0 atom stereocenters. The Labute approximate surface area is 89.4 Å². The Balaban J connectivity index is 2.51. The maximum absolute atomic E-state index is 10.9. The van der Waals surface area contributed by atoms with Crippen LogP contribution < -0.4 is 11.1 Å². The largest absolute Gasteiger partial charge is 0.469 e. The third-order valence-corrected chi connectivity index (χ3v) is 2.20. The van der Waals surface area contributed by atoms with Crippen LogP contribution in [0.25, 0.3) is 0 Å². The van der Waals surface area contributed by atoms with Gasteiger partial charge in [-0.15, -0.1) is 0 Å². The van der Waals surface area contributed by atoms with E-state index in [1.807, 2.05) is 25.1 Å². The van der Waals surface area contributed by atoms with Gasteiger partial charge in [0.2, 0.25) is 0 Å². The molecule has 0 radical (unpaired) electrons. The van der Waals surface area contributed by atoms with E-state index in [1.165, 1.54) is 7.11 Å². The number of hydrogen-bond acceptors (Lipinski definition) is 4. The van der Waals surface area contributed by atoms with Crippen molar-refractivity contribution in [3.8, 4) is 0 Å². The van der Waals surface area contributed by atoms with Gasteiger partial charge >= 0.3 is 5.97 Å². The molecule has 0 unspecified atom stereocenters. The number of methoxy groups -OCH3 is 1. The number of nitrogens with two attached hydrogens (primary N) is 1. The fourth-order valence-corrected chi connectivity index (χ4v) is 1.24. The molecule has 0 aliphatic carbocycles. The van der Waals surface area contributed by atoms with E-state index in [-0.39, 0.29) is 5.97 Å². The SMILES string of the molecule is COC(=O)CCNc1cccc(C)c1N. The quantitative estimate of drug-likeness (QED) is 0.582. The first kappa shape index (κ1) is 11.4. The Morgan fingerprint density at radius 1 is 1.53 bits per heavy atom. The Kier molecular flexibility index (Phi) is 3.97. The maximum Gasteiger partial charge on any atom is 0.307 e. The second kappa shape index (κ2) is 5.24. The van der Waals surface area contributed by atoms with Gasteiger partial charge in [0, 0.05) is 6.54 Å². The zero-order valence-corrected chi connectivity index (χ0v) is 9.04. The van der Waals surface area contributed by atoms with E-state index in [1.54, 1.807) is 0 Å². The predicted octanol–water partition coefficient (Wildman–Crippen LogP) is 1.55. The summed E-state index contributed by atoms with van der Waals surface area (Å²) >= 11 is 0. The third kappa shape index (κ3) is 3.16.